The number of hydrogen-bond donors (Lipinski definition) is 2. The molecule has 0 aliphatic carbocycles. The summed E-state index contributed by atoms with van der Waals surface area (Å²) in [6, 6.07) is 0. The number of nitrogens with one attached hydrogen (secondary N) is 1. The van der Waals surface area contributed by atoms with Crippen LogP contribution in [0.15, 0.2) is 0 Å². The molecule has 0 spiro atoms. The average Bonchev–Trinajstić information content (AvgIpc) is 2.26. The molecular weight excluding hydrogens is 190 g/mol. The van der Waals surface area contributed by atoms with Gasteiger partial charge in [-0.2, -0.15) is 0 Å². The first kappa shape index (κ1) is 12.9. The Labute approximate surface area is 93.2 Å². The van der Waals surface area contributed by atoms with E-state index >= 15 is 0 Å². The van der Waals surface area contributed by atoms with Gasteiger partial charge in [0, 0.05) is 32.8 Å². The molecule has 1 aliphatic rings. The van der Waals surface area contributed by atoms with E-state index in [2.05, 4.69) is 22.2 Å². The lowest BCUT2D eigenvalue weighted by Crippen LogP contribution is -2.45. The topological polar surface area (TPSA) is 38.7 Å². The first-order valence-corrected chi connectivity index (χ1v) is 6.05. The third kappa shape index (κ3) is 6.10. The smallest absolute Gasteiger partial charge is 0.0443 e. The molecule has 1 heterocycles. The van der Waals surface area contributed by atoms with Gasteiger partial charge in [-0.05, 0) is 39.5 Å². The molecule has 0 aromatic carbocycles. The van der Waals surface area contributed by atoms with Crippen LogP contribution in [-0.2, 0) is 0 Å². The lowest BCUT2D eigenvalue weighted by Gasteiger charge is -2.32. The maximum atomic E-state index is 8.60. The Morgan fingerprint density at radius 2 is 1.73 bits per heavy atom. The number of likely N-dealkylation sites (N-methyl/N-ethyl adjacent to an activating group) is 1. The molecule has 0 unspecified atom stereocenters. The predicted molar refractivity (Wildman–Crippen MR) is 63.1 cm³/mol. The zero-order valence-corrected chi connectivity index (χ0v) is 9.91. The molecule has 90 valence electrons. The minimum atomic E-state index is 0.297. The van der Waals surface area contributed by atoms with E-state index in [1.165, 1.54) is 39.1 Å². The summed E-state index contributed by atoms with van der Waals surface area (Å²) in [4.78, 5) is 4.92. The molecule has 15 heavy (non-hydrogen) atoms. The van der Waals surface area contributed by atoms with Crippen molar-refractivity contribution in [3.63, 3.8) is 0 Å². The monoisotopic (exact) mass is 215 g/mol. The molecule has 0 amide bonds. The highest BCUT2D eigenvalue weighted by Gasteiger charge is 2.12. The summed E-state index contributed by atoms with van der Waals surface area (Å²) in [6.07, 6.45) is 2.09. The molecule has 0 atom stereocenters. The molecule has 1 aliphatic heterocycles. The standard InChI is InChI=1S/C11H25N3O/c1-13-7-9-14(10-8-13)6-2-4-12-5-3-11-15/h12,15H,2-11H2,1H3. The van der Waals surface area contributed by atoms with Crippen molar-refractivity contribution in [3.8, 4) is 0 Å². The van der Waals surface area contributed by atoms with Crippen molar-refractivity contribution in [1.29, 1.82) is 0 Å². The number of nitrogens with zero attached hydrogens (tertiary/aromatic N) is 2. The molecule has 0 bridgehead atoms. The van der Waals surface area contributed by atoms with E-state index in [0.29, 0.717) is 6.61 Å². The summed E-state index contributed by atoms with van der Waals surface area (Å²) in [6.45, 7) is 8.37. The van der Waals surface area contributed by atoms with Gasteiger partial charge in [0.2, 0.25) is 0 Å². The molecule has 0 aromatic heterocycles. The Bertz CT molecular complexity index is 147. The third-order valence-corrected chi connectivity index (χ3v) is 2.94. The number of aliphatic hydroxyl groups excluding tert-OH is 1. The van der Waals surface area contributed by atoms with Gasteiger partial charge in [0.05, 0.1) is 0 Å². The Kier molecular flexibility index (Phi) is 6.92. The van der Waals surface area contributed by atoms with Gasteiger partial charge in [-0.3, -0.25) is 0 Å². The van der Waals surface area contributed by atoms with Gasteiger partial charge < -0.3 is 20.2 Å². The maximum absolute atomic E-state index is 8.60. The second-order valence-electron chi connectivity index (χ2n) is 4.33. The summed E-state index contributed by atoms with van der Waals surface area (Å²) in [5.41, 5.74) is 0. The summed E-state index contributed by atoms with van der Waals surface area (Å²) < 4.78 is 0. The highest BCUT2D eigenvalue weighted by molar-refractivity contribution is 4.69. The van der Waals surface area contributed by atoms with Crippen molar-refractivity contribution in [1.82, 2.24) is 15.1 Å². The van der Waals surface area contributed by atoms with Gasteiger partial charge in [0.25, 0.3) is 0 Å². The molecule has 1 saturated heterocycles. The van der Waals surface area contributed by atoms with Gasteiger partial charge >= 0.3 is 0 Å². The average molecular weight is 215 g/mol. The van der Waals surface area contributed by atoms with E-state index in [4.69, 9.17) is 5.11 Å². The van der Waals surface area contributed by atoms with Gasteiger partial charge in [-0.1, -0.05) is 0 Å². The van der Waals surface area contributed by atoms with Crippen molar-refractivity contribution in [3.05, 3.63) is 0 Å². The quantitative estimate of drug-likeness (QED) is 0.567. The summed E-state index contributed by atoms with van der Waals surface area (Å²) in [7, 11) is 2.19. The summed E-state index contributed by atoms with van der Waals surface area (Å²) in [5.74, 6) is 0. The van der Waals surface area contributed by atoms with Crippen LogP contribution in [0, 0.1) is 0 Å². The molecule has 2 N–H and O–H groups in total. The molecule has 0 saturated carbocycles. The largest absolute Gasteiger partial charge is 0.396 e. The first-order chi connectivity index (χ1) is 7.33. The Morgan fingerprint density at radius 1 is 1.07 bits per heavy atom. The van der Waals surface area contributed by atoms with Crippen LogP contribution in [0.4, 0.5) is 0 Å². The summed E-state index contributed by atoms with van der Waals surface area (Å²) in [5, 5.41) is 11.9. The van der Waals surface area contributed by atoms with E-state index in [-0.39, 0.29) is 0 Å². The minimum Gasteiger partial charge on any atom is -0.396 e. The van der Waals surface area contributed by atoms with E-state index in [1.54, 1.807) is 0 Å². The van der Waals surface area contributed by atoms with Crippen LogP contribution in [0.5, 0.6) is 0 Å². The van der Waals surface area contributed by atoms with Crippen molar-refractivity contribution in [2.24, 2.45) is 0 Å². The molecular formula is C11H25N3O. The van der Waals surface area contributed by atoms with Gasteiger partial charge in [0.1, 0.15) is 0 Å². The Morgan fingerprint density at radius 3 is 2.40 bits per heavy atom. The van der Waals surface area contributed by atoms with Crippen LogP contribution < -0.4 is 5.32 Å². The summed E-state index contributed by atoms with van der Waals surface area (Å²) >= 11 is 0. The fraction of sp³-hybridized carbons (Fsp3) is 1.00. The van der Waals surface area contributed by atoms with Gasteiger partial charge in [0.15, 0.2) is 0 Å². The molecule has 0 aromatic rings. The highest BCUT2D eigenvalue weighted by Crippen LogP contribution is 1.99. The van der Waals surface area contributed by atoms with E-state index in [1.807, 2.05) is 0 Å². The van der Waals surface area contributed by atoms with Crippen LogP contribution >= 0.6 is 0 Å². The number of piperazine rings is 1. The number of hydrogen-bond acceptors (Lipinski definition) is 4. The predicted octanol–water partition coefficient (Wildman–Crippen LogP) is -0.404. The molecule has 4 nitrogen and oxygen atoms in total. The third-order valence-electron chi connectivity index (χ3n) is 2.94. The SMILES string of the molecule is CN1CCN(CCCNCCCO)CC1. The second-order valence-corrected chi connectivity index (χ2v) is 4.33. The highest BCUT2D eigenvalue weighted by atomic mass is 16.3. The molecule has 1 fully saturated rings. The number of aliphatic hydroxyl groups is 1. The van der Waals surface area contributed by atoms with Crippen molar-refractivity contribution < 1.29 is 5.11 Å². The minimum absolute atomic E-state index is 0.297. The Hall–Kier alpha value is -0.160. The van der Waals surface area contributed by atoms with Crippen molar-refractivity contribution in [2.45, 2.75) is 12.8 Å². The van der Waals surface area contributed by atoms with Crippen LogP contribution in [0.1, 0.15) is 12.8 Å². The fourth-order valence-electron chi connectivity index (χ4n) is 1.83. The molecule has 1 rings (SSSR count). The van der Waals surface area contributed by atoms with Crippen LogP contribution in [-0.4, -0.2) is 74.4 Å². The first-order valence-electron chi connectivity index (χ1n) is 6.05. The lowest BCUT2D eigenvalue weighted by atomic mass is 10.3. The lowest BCUT2D eigenvalue weighted by molar-refractivity contribution is 0.152. The maximum Gasteiger partial charge on any atom is 0.0443 e. The van der Waals surface area contributed by atoms with E-state index in [0.717, 1.165) is 19.5 Å². The van der Waals surface area contributed by atoms with Crippen molar-refractivity contribution in [2.75, 3.05) is 59.5 Å². The molecule has 0 radical (unpaired) electrons. The Balaban J connectivity index is 1.87. The number of rotatable bonds is 7. The second kappa shape index (κ2) is 8.05. The van der Waals surface area contributed by atoms with Crippen molar-refractivity contribution >= 4 is 0 Å². The van der Waals surface area contributed by atoms with Gasteiger partial charge in [-0.15, -0.1) is 0 Å². The van der Waals surface area contributed by atoms with E-state index in [9.17, 15) is 0 Å². The zero-order valence-electron chi connectivity index (χ0n) is 9.91. The molecule has 4 heteroatoms. The van der Waals surface area contributed by atoms with E-state index < -0.39 is 0 Å². The van der Waals surface area contributed by atoms with Crippen LogP contribution in [0.2, 0.25) is 0 Å². The normalized spacial score (nSPS) is 19.6. The van der Waals surface area contributed by atoms with Crippen LogP contribution in [0.25, 0.3) is 0 Å². The fourth-order valence-corrected chi connectivity index (χ4v) is 1.83. The van der Waals surface area contributed by atoms with Crippen LogP contribution in [0.3, 0.4) is 0 Å². The van der Waals surface area contributed by atoms with Gasteiger partial charge in [-0.25, -0.2) is 0 Å². The zero-order chi connectivity index (χ0) is 10.9.